The molecule has 1 heteroatoms. The maximum absolute atomic E-state index is 4.60. The monoisotopic (exact) mass is 181 g/mol. The van der Waals surface area contributed by atoms with Crippen LogP contribution in [0.4, 0.5) is 0 Å². The molecule has 0 rings (SSSR count). The highest BCUT2D eigenvalue weighted by molar-refractivity contribution is 5.89. The highest BCUT2D eigenvalue weighted by Crippen LogP contribution is 2.23. The zero-order valence-electron chi connectivity index (χ0n) is 9.72. The zero-order chi connectivity index (χ0) is 10.3. The fraction of sp³-hybridized carbons (Fsp3) is 0.750. The van der Waals surface area contributed by atoms with Crippen LogP contribution in [0.15, 0.2) is 17.1 Å². The Hall–Kier alpha value is -0.590. The van der Waals surface area contributed by atoms with E-state index in [1.165, 1.54) is 5.71 Å². The van der Waals surface area contributed by atoms with Crippen molar-refractivity contribution < 1.29 is 0 Å². The molecule has 0 fully saturated rings. The molecular formula is C12H23N. The van der Waals surface area contributed by atoms with Gasteiger partial charge in [0.1, 0.15) is 0 Å². The lowest BCUT2D eigenvalue weighted by Gasteiger charge is -2.24. The van der Waals surface area contributed by atoms with Crippen molar-refractivity contribution in [1.82, 2.24) is 0 Å². The molecule has 0 unspecified atom stereocenters. The van der Waals surface area contributed by atoms with Gasteiger partial charge in [0.2, 0.25) is 0 Å². The second-order valence-corrected chi connectivity index (χ2v) is 3.95. The summed E-state index contributed by atoms with van der Waals surface area (Å²) < 4.78 is 0. The van der Waals surface area contributed by atoms with Crippen molar-refractivity contribution in [3.8, 4) is 0 Å². The van der Waals surface area contributed by atoms with Crippen molar-refractivity contribution >= 4 is 5.71 Å². The average molecular weight is 181 g/mol. The largest absolute Gasteiger partial charge is 0.289 e. The first-order chi connectivity index (χ1) is 6.08. The van der Waals surface area contributed by atoms with Gasteiger partial charge in [0.05, 0.1) is 6.54 Å². The van der Waals surface area contributed by atoms with E-state index in [2.05, 4.69) is 44.8 Å². The summed E-state index contributed by atoms with van der Waals surface area (Å²) in [6, 6.07) is 0. The van der Waals surface area contributed by atoms with Gasteiger partial charge in [0.15, 0.2) is 0 Å². The maximum Gasteiger partial charge on any atom is 0.0569 e. The first-order valence-corrected chi connectivity index (χ1v) is 5.23. The van der Waals surface area contributed by atoms with Crippen molar-refractivity contribution in [3.05, 3.63) is 12.2 Å². The summed E-state index contributed by atoms with van der Waals surface area (Å²) in [6.45, 7) is 11.8. The van der Waals surface area contributed by atoms with Crippen molar-refractivity contribution in [1.29, 1.82) is 0 Å². The van der Waals surface area contributed by atoms with E-state index < -0.39 is 0 Å². The first kappa shape index (κ1) is 12.4. The van der Waals surface area contributed by atoms with E-state index in [-0.39, 0.29) is 5.41 Å². The molecule has 0 aliphatic heterocycles. The number of hydrogen-bond donors (Lipinski definition) is 0. The van der Waals surface area contributed by atoms with Gasteiger partial charge in [0, 0.05) is 11.1 Å². The second kappa shape index (κ2) is 5.95. The van der Waals surface area contributed by atoms with Crippen LogP contribution in [0.1, 0.15) is 47.5 Å². The van der Waals surface area contributed by atoms with Gasteiger partial charge < -0.3 is 0 Å². The summed E-state index contributed by atoms with van der Waals surface area (Å²) in [4.78, 5) is 4.60. The van der Waals surface area contributed by atoms with Crippen molar-refractivity contribution in [2.45, 2.75) is 47.5 Å². The van der Waals surface area contributed by atoms with Crippen molar-refractivity contribution in [3.63, 3.8) is 0 Å². The molecule has 0 N–H and O–H groups in total. The summed E-state index contributed by atoms with van der Waals surface area (Å²) >= 11 is 0. The Morgan fingerprint density at radius 3 is 2.31 bits per heavy atom. The van der Waals surface area contributed by atoms with Gasteiger partial charge in [0.25, 0.3) is 0 Å². The van der Waals surface area contributed by atoms with E-state index >= 15 is 0 Å². The highest BCUT2D eigenvalue weighted by Gasteiger charge is 2.20. The molecular weight excluding hydrogens is 158 g/mol. The van der Waals surface area contributed by atoms with Crippen LogP contribution in [0.25, 0.3) is 0 Å². The fourth-order valence-electron chi connectivity index (χ4n) is 1.28. The third kappa shape index (κ3) is 4.25. The first-order valence-electron chi connectivity index (χ1n) is 5.23. The number of hydrogen-bond acceptors (Lipinski definition) is 1. The molecule has 13 heavy (non-hydrogen) atoms. The molecule has 0 aromatic heterocycles. The summed E-state index contributed by atoms with van der Waals surface area (Å²) in [5.41, 5.74) is 1.61. The molecule has 0 amide bonds. The minimum Gasteiger partial charge on any atom is -0.289 e. The summed E-state index contributed by atoms with van der Waals surface area (Å²) in [5.74, 6) is 0. The molecule has 1 nitrogen and oxygen atoms in total. The number of allylic oxidation sites excluding steroid dienone is 1. The summed E-state index contributed by atoms with van der Waals surface area (Å²) in [5, 5.41) is 0. The van der Waals surface area contributed by atoms with Crippen molar-refractivity contribution in [2.24, 2.45) is 10.4 Å². The van der Waals surface area contributed by atoms with E-state index in [4.69, 9.17) is 0 Å². The molecule has 0 aliphatic rings. The summed E-state index contributed by atoms with van der Waals surface area (Å²) in [7, 11) is 0. The van der Waals surface area contributed by atoms with Crippen LogP contribution in [0.5, 0.6) is 0 Å². The smallest absolute Gasteiger partial charge is 0.0569 e. The normalized spacial score (nSPS) is 14.1. The van der Waals surface area contributed by atoms with E-state index in [1.54, 1.807) is 0 Å². The highest BCUT2D eigenvalue weighted by atomic mass is 14.7. The number of nitrogens with zero attached hydrogens (tertiary/aromatic N) is 1. The molecule has 0 bridgehead atoms. The molecule has 0 aliphatic carbocycles. The van der Waals surface area contributed by atoms with Crippen LogP contribution in [0.2, 0.25) is 0 Å². The lowest BCUT2D eigenvalue weighted by atomic mass is 9.83. The van der Waals surface area contributed by atoms with Gasteiger partial charge in [-0.2, -0.15) is 0 Å². The lowest BCUT2D eigenvalue weighted by Crippen LogP contribution is -2.22. The van der Waals surface area contributed by atoms with E-state index in [0.717, 1.165) is 19.4 Å². The van der Waals surface area contributed by atoms with Gasteiger partial charge in [-0.3, -0.25) is 4.99 Å². The van der Waals surface area contributed by atoms with Crippen LogP contribution in [-0.4, -0.2) is 12.3 Å². The van der Waals surface area contributed by atoms with Crippen LogP contribution in [0, 0.1) is 5.41 Å². The van der Waals surface area contributed by atoms with Crippen LogP contribution < -0.4 is 0 Å². The standard InChI is InChI=1S/C12H23N/c1-6-9-10-13-11(7-2)12(4,5)8-3/h6,9H,7-8,10H2,1-5H3. The SMILES string of the molecule is CC=CCN=C(CC)C(C)(C)CC. The van der Waals surface area contributed by atoms with Gasteiger partial charge in [-0.25, -0.2) is 0 Å². The Labute approximate surface area is 83.0 Å². The quantitative estimate of drug-likeness (QED) is 0.451. The second-order valence-electron chi connectivity index (χ2n) is 3.95. The molecule has 0 spiro atoms. The predicted molar refractivity (Wildman–Crippen MR) is 61.5 cm³/mol. The van der Waals surface area contributed by atoms with Gasteiger partial charge in [-0.1, -0.05) is 39.8 Å². The number of aliphatic imine (C=N–C) groups is 1. The van der Waals surface area contributed by atoms with E-state index in [1.807, 2.05) is 6.92 Å². The maximum atomic E-state index is 4.60. The Morgan fingerprint density at radius 2 is 1.92 bits per heavy atom. The minimum atomic E-state index is 0.274. The van der Waals surface area contributed by atoms with E-state index in [9.17, 15) is 0 Å². The summed E-state index contributed by atoms with van der Waals surface area (Å²) in [6.07, 6.45) is 6.38. The molecule has 0 atom stereocenters. The van der Waals surface area contributed by atoms with Gasteiger partial charge >= 0.3 is 0 Å². The topological polar surface area (TPSA) is 12.4 Å². The van der Waals surface area contributed by atoms with Crippen LogP contribution in [-0.2, 0) is 0 Å². The Kier molecular flexibility index (Phi) is 5.68. The third-order valence-corrected chi connectivity index (χ3v) is 2.62. The van der Waals surface area contributed by atoms with E-state index in [0.29, 0.717) is 0 Å². The predicted octanol–water partition coefficient (Wildman–Crippen LogP) is 3.85. The van der Waals surface area contributed by atoms with Crippen LogP contribution >= 0.6 is 0 Å². The molecule has 0 saturated carbocycles. The lowest BCUT2D eigenvalue weighted by molar-refractivity contribution is 0.493. The van der Waals surface area contributed by atoms with Gasteiger partial charge in [-0.05, 0) is 19.8 Å². The minimum absolute atomic E-state index is 0.274. The molecule has 0 aromatic rings. The Morgan fingerprint density at radius 1 is 1.31 bits per heavy atom. The fourth-order valence-corrected chi connectivity index (χ4v) is 1.28. The average Bonchev–Trinajstić information content (AvgIpc) is 2.12. The molecule has 0 saturated heterocycles. The molecule has 76 valence electrons. The van der Waals surface area contributed by atoms with Crippen LogP contribution in [0.3, 0.4) is 0 Å². The zero-order valence-corrected chi connectivity index (χ0v) is 9.72. The third-order valence-electron chi connectivity index (χ3n) is 2.62. The Bertz CT molecular complexity index is 187. The molecule has 0 heterocycles. The number of rotatable bonds is 5. The molecule has 0 radical (unpaired) electrons. The van der Waals surface area contributed by atoms with Crippen molar-refractivity contribution in [2.75, 3.05) is 6.54 Å². The van der Waals surface area contributed by atoms with Gasteiger partial charge in [-0.15, -0.1) is 0 Å². The molecule has 0 aromatic carbocycles. The Balaban J connectivity index is 4.39.